The highest BCUT2D eigenvalue weighted by molar-refractivity contribution is 7.97. The fourth-order valence-corrected chi connectivity index (χ4v) is 4.86. The molecular weight excluding hydrogens is 574 g/mol. The summed E-state index contributed by atoms with van der Waals surface area (Å²) in [6.07, 6.45) is 13.8. The maximum absolute atomic E-state index is 10.6. The van der Waals surface area contributed by atoms with Gasteiger partial charge >= 0.3 is 5.97 Å². The number of halogens is 1. The second kappa shape index (κ2) is 17.2. The number of hydrogen-bond acceptors (Lipinski definition) is 5. The van der Waals surface area contributed by atoms with Crippen LogP contribution in [-0.2, 0) is 22.4 Å². The van der Waals surface area contributed by atoms with E-state index in [9.17, 15) is 9.90 Å². The summed E-state index contributed by atoms with van der Waals surface area (Å²) in [6.45, 7) is 3.94. The molecule has 228 valence electrons. The Kier molecular flexibility index (Phi) is 13.8. The van der Waals surface area contributed by atoms with Gasteiger partial charge in [0.1, 0.15) is 0 Å². The summed E-state index contributed by atoms with van der Waals surface area (Å²) in [6, 6.07) is 26.6. The maximum atomic E-state index is 10.6. The number of nitrogens with zero attached hydrogens (tertiary/aromatic N) is 1. The predicted octanol–water partition coefficient (Wildman–Crippen LogP) is 9.62. The van der Waals surface area contributed by atoms with Crippen molar-refractivity contribution in [2.24, 2.45) is 5.41 Å². The molecular formula is C37H44ClNO3S. The van der Waals surface area contributed by atoms with Crippen LogP contribution in [0.3, 0.4) is 0 Å². The maximum Gasteiger partial charge on any atom is 0.306 e. The smallest absolute Gasteiger partial charge is 0.306 e. The third-order valence-corrected chi connectivity index (χ3v) is 7.63. The van der Waals surface area contributed by atoms with Gasteiger partial charge in [0.05, 0.1) is 30.8 Å². The number of ether oxygens (including phenoxy) is 1. The van der Waals surface area contributed by atoms with E-state index in [1.54, 1.807) is 11.8 Å². The van der Waals surface area contributed by atoms with Gasteiger partial charge in [0.15, 0.2) is 0 Å². The number of methoxy groups -OCH3 is 1. The Morgan fingerprint density at radius 3 is 2.44 bits per heavy atom. The van der Waals surface area contributed by atoms with Crippen molar-refractivity contribution in [1.82, 2.24) is 4.98 Å². The van der Waals surface area contributed by atoms with Gasteiger partial charge in [-0.3, -0.25) is 4.79 Å². The lowest BCUT2D eigenvalue weighted by atomic mass is 9.97. The molecule has 1 aliphatic carbocycles. The predicted molar refractivity (Wildman–Crippen MR) is 185 cm³/mol. The van der Waals surface area contributed by atoms with Gasteiger partial charge in [-0.15, -0.1) is 0 Å². The molecule has 0 amide bonds. The molecule has 0 spiro atoms. The molecule has 1 heterocycles. The zero-order valence-corrected chi connectivity index (χ0v) is 27.5. The number of hydrogen-bond donors (Lipinski definition) is 1. The van der Waals surface area contributed by atoms with Crippen LogP contribution < -0.4 is 0 Å². The van der Waals surface area contributed by atoms with Crippen molar-refractivity contribution in [2.75, 3.05) is 19.6 Å². The van der Waals surface area contributed by atoms with Crippen molar-refractivity contribution in [2.45, 2.75) is 58.5 Å². The van der Waals surface area contributed by atoms with Gasteiger partial charge in [-0.2, -0.15) is 11.8 Å². The van der Waals surface area contributed by atoms with Crippen LogP contribution in [0, 0.1) is 5.41 Å². The first-order chi connectivity index (χ1) is 20.7. The molecule has 1 aromatic heterocycles. The number of benzene rings is 3. The SMILES string of the molecule is CC(O)c1ccccc1CCCc1cccc(/C=C/c2ccc3ccc(Cl)cc3n2)c1.COC(=O)CC1(C)CC1.CSC. The lowest BCUT2D eigenvalue weighted by Crippen LogP contribution is -2.06. The topological polar surface area (TPSA) is 59.4 Å². The highest BCUT2D eigenvalue weighted by Gasteiger charge is 2.39. The number of rotatable bonds is 9. The molecule has 3 aromatic carbocycles. The Morgan fingerprint density at radius 1 is 1.02 bits per heavy atom. The van der Waals surface area contributed by atoms with Crippen molar-refractivity contribution < 1.29 is 14.6 Å². The van der Waals surface area contributed by atoms with E-state index in [0.29, 0.717) is 16.9 Å². The second-order valence-corrected chi connectivity index (χ2v) is 12.6. The molecule has 1 N–H and O–H groups in total. The number of aliphatic hydroxyl groups excluding tert-OH is 1. The third-order valence-electron chi connectivity index (χ3n) is 7.39. The van der Waals surface area contributed by atoms with Gasteiger partial charge in [0, 0.05) is 10.4 Å². The van der Waals surface area contributed by atoms with Crippen molar-refractivity contribution in [1.29, 1.82) is 0 Å². The van der Waals surface area contributed by atoms with E-state index in [4.69, 9.17) is 11.6 Å². The number of carbonyl (C=O) groups is 1. The second-order valence-electron chi connectivity index (χ2n) is 11.4. The van der Waals surface area contributed by atoms with Crippen molar-refractivity contribution in [3.05, 3.63) is 112 Å². The van der Waals surface area contributed by atoms with E-state index < -0.39 is 6.10 Å². The van der Waals surface area contributed by atoms with Gasteiger partial charge in [-0.05, 0) is 103 Å². The number of pyridine rings is 1. The van der Waals surface area contributed by atoms with Gasteiger partial charge in [0.25, 0.3) is 0 Å². The van der Waals surface area contributed by atoms with Gasteiger partial charge in [0.2, 0.25) is 0 Å². The molecule has 6 heteroatoms. The first kappa shape index (κ1) is 34.4. The Hall–Kier alpha value is -3.12. The summed E-state index contributed by atoms with van der Waals surface area (Å²) in [4.78, 5) is 15.3. The number of aliphatic hydroxyl groups is 1. The van der Waals surface area contributed by atoms with Gasteiger partial charge < -0.3 is 9.84 Å². The van der Waals surface area contributed by atoms with Crippen LogP contribution in [0.1, 0.15) is 73.6 Å². The standard InChI is InChI=1S/C28H26ClNO.C7H12O2.C2H6S/c1-20(31)27-11-3-2-9-23(27)10-5-8-21-6-4-7-22(18-21)12-16-26-17-14-24-13-15-25(29)19-28(24)30-26;1-7(3-4-7)5-6(8)9-2;1-3-2/h2-4,6-7,9,11-20,31H,5,8,10H2,1H3;3-5H2,1-2H3;1-2H3/b16-12+;;. The van der Waals surface area contributed by atoms with Crippen LogP contribution in [-0.4, -0.2) is 35.7 Å². The number of esters is 1. The number of aromatic nitrogens is 1. The van der Waals surface area contributed by atoms with E-state index in [-0.39, 0.29) is 5.97 Å². The summed E-state index contributed by atoms with van der Waals surface area (Å²) in [7, 11) is 1.44. The van der Waals surface area contributed by atoms with Gasteiger partial charge in [-0.25, -0.2) is 4.98 Å². The molecule has 43 heavy (non-hydrogen) atoms. The largest absolute Gasteiger partial charge is 0.469 e. The van der Waals surface area contributed by atoms with Crippen molar-refractivity contribution in [3.8, 4) is 0 Å². The minimum absolute atomic E-state index is 0.0741. The zero-order chi connectivity index (χ0) is 31.2. The highest BCUT2D eigenvalue weighted by Crippen LogP contribution is 2.48. The monoisotopic (exact) mass is 617 g/mol. The Morgan fingerprint density at radius 2 is 1.74 bits per heavy atom. The molecule has 0 bridgehead atoms. The van der Waals surface area contributed by atoms with E-state index in [1.165, 1.54) is 31.1 Å². The zero-order valence-electron chi connectivity index (χ0n) is 26.0. The average molecular weight is 618 g/mol. The molecule has 0 saturated heterocycles. The number of fused-ring (bicyclic) bond motifs is 1. The molecule has 0 aliphatic heterocycles. The van der Waals surface area contributed by atoms with Crippen LogP contribution in [0.4, 0.5) is 0 Å². The summed E-state index contributed by atoms with van der Waals surface area (Å²) in [5, 5.41) is 11.7. The summed E-state index contributed by atoms with van der Waals surface area (Å²) in [5.74, 6) is -0.0741. The molecule has 1 unspecified atom stereocenters. The van der Waals surface area contributed by atoms with Crippen LogP contribution >= 0.6 is 23.4 Å². The molecule has 4 aromatic rings. The normalized spacial score (nSPS) is 13.8. The Balaban J connectivity index is 0.000000354. The van der Waals surface area contributed by atoms with Crippen LogP contribution in [0.15, 0.2) is 78.9 Å². The molecule has 1 fully saturated rings. The van der Waals surface area contributed by atoms with Crippen LogP contribution in [0.2, 0.25) is 5.02 Å². The number of aryl methyl sites for hydroxylation is 2. The molecule has 0 radical (unpaired) electrons. The fourth-order valence-electron chi connectivity index (χ4n) is 4.70. The van der Waals surface area contributed by atoms with Crippen molar-refractivity contribution >= 4 is 52.4 Å². The number of thioether (sulfide) groups is 1. The molecule has 1 aliphatic rings. The summed E-state index contributed by atoms with van der Waals surface area (Å²) < 4.78 is 4.53. The minimum atomic E-state index is -0.426. The summed E-state index contributed by atoms with van der Waals surface area (Å²) in [5.41, 5.74) is 6.85. The Bertz CT molecular complexity index is 1500. The molecule has 1 saturated carbocycles. The first-order valence-corrected chi connectivity index (χ1v) is 16.7. The lowest BCUT2D eigenvalue weighted by Gasteiger charge is -2.11. The lowest BCUT2D eigenvalue weighted by molar-refractivity contribution is -0.141. The fraction of sp³-hybridized carbons (Fsp3) is 0.351. The Labute approximate surface area is 266 Å². The molecule has 5 rings (SSSR count). The van der Waals surface area contributed by atoms with E-state index in [2.05, 4.69) is 59.1 Å². The van der Waals surface area contributed by atoms with Crippen LogP contribution in [0.25, 0.3) is 23.1 Å². The summed E-state index contributed by atoms with van der Waals surface area (Å²) >= 11 is 7.85. The molecule has 1 atom stereocenters. The third kappa shape index (κ3) is 11.8. The first-order valence-electron chi connectivity index (χ1n) is 14.7. The highest BCUT2D eigenvalue weighted by atomic mass is 35.5. The van der Waals surface area contributed by atoms with E-state index in [1.807, 2.05) is 68.0 Å². The van der Waals surface area contributed by atoms with Crippen molar-refractivity contribution in [3.63, 3.8) is 0 Å². The van der Waals surface area contributed by atoms with E-state index in [0.717, 1.165) is 47.0 Å². The number of carbonyl (C=O) groups excluding carboxylic acids is 1. The molecule has 4 nitrogen and oxygen atoms in total. The van der Waals surface area contributed by atoms with E-state index >= 15 is 0 Å². The van der Waals surface area contributed by atoms with Crippen LogP contribution in [0.5, 0.6) is 0 Å². The quantitative estimate of drug-likeness (QED) is 0.189. The average Bonchev–Trinajstić information content (AvgIpc) is 3.73. The minimum Gasteiger partial charge on any atom is -0.469 e. The van der Waals surface area contributed by atoms with Gasteiger partial charge in [-0.1, -0.05) is 85.3 Å².